The lowest BCUT2D eigenvalue weighted by molar-refractivity contribution is 0.246. The Morgan fingerprint density at radius 1 is 1.14 bits per heavy atom. The number of aromatic nitrogens is 2. The van der Waals surface area contributed by atoms with Gasteiger partial charge in [0.1, 0.15) is 11.9 Å². The van der Waals surface area contributed by atoms with Crippen LogP contribution in [0, 0.1) is 11.3 Å². The molecule has 3 rings (SSSR count). The number of nitrogens with zero attached hydrogens (tertiary/aromatic N) is 5. The minimum atomic E-state index is 0.644. The van der Waals surface area contributed by atoms with Crippen molar-refractivity contribution in [2.24, 2.45) is 0 Å². The molecular formula is C16H16BrN5. The van der Waals surface area contributed by atoms with Gasteiger partial charge < -0.3 is 4.90 Å². The maximum atomic E-state index is 9.18. The Balaban J connectivity index is 1.61. The monoisotopic (exact) mass is 357 g/mol. The van der Waals surface area contributed by atoms with Crippen LogP contribution < -0.4 is 4.90 Å². The molecule has 0 radical (unpaired) electrons. The Labute approximate surface area is 138 Å². The fourth-order valence-electron chi connectivity index (χ4n) is 2.58. The average molecular weight is 358 g/mol. The number of halogens is 1. The summed E-state index contributed by atoms with van der Waals surface area (Å²) < 4.78 is 1.00. The van der Waals surface area contributed by atoms with Crippen LogP contribution in [0.4, 0.5) is 5.82 Å². The molecule has 0 amide bonds. The van der Waals surface area contributed by atoms with E-state index in [1.165, 1.54) is 0 Å². The number of rotatable bonds is 3. The standard InChI is InChI=1S/C16H16BrN5/c17-14-3-4-15(20-11-14)12-21-6-8-22(9-7-21)16-13(10-18)2-1-5-19-16/h1-5,11H,6-9,12H2. The highest BCUT2D eigenvalue weighted by molar-refractivity contribution is 9.10. The minimum Gasteiger partial charge on any atom is -0.353 e. The molecule has 22 heavy (non-hydrogen) atoms. The van der Waals surface area contributed by atoms with Gasteiger partial charge in [-0.2, -0.15) is 5.26 Å². The van der Waals surface area contributed by atoms with E-state index < -0.39 is 0 Å². The molecule has 0 unspecified atom stereocenters. The number of hydrogen-bond acceptors (Lipinski definition) is 5. The van der Waals surface area contributed by atoms with Gasteiger partial charge in [0.2, 0.25) is 0 Å². The van der Waals surface area contributed by atoms with Crippen LogP contribution in [0.15, 0.2) is 41.1 Å². The predicted octanol–water partition coefficient (Wildman–Crippen LogP) is 2.43. The van der Waals surface area contributed by atoms with Crippen LogP contribution in [-0.4, -0.2) is 41.0 Å². The van der Waals surface area contributed by atoms with Crippen LogP contribution >= 0.6 is 15.9 Å². The van der Waals surface area contributed by atoms with Crippen LogP contribution in [0.5, 0.6) is 0 Å². The van der Waals surface area contributed by atoms with E-state index in [2.05, 4.69) is 41.8 Å². The molecule has 0 aromatic carbocycles. The van der Waals surface area contributed by atoms with Crippen molar-refractivity contribution < 1.29 is 0 Å². The van der Waals surface area contributed by atoms with E-state index in [9.17, 15) is 5.26 Å². The summed E-state index contributed by atoms with van der Waals surface area (Å²) in [4.78, 5) is 13.3. The van der Waals surface area contributed by atoms with Crippen molar-refractivity contribution in [3.8, 4) is 6.07 Å². The minimum absolute atomic E-state index is 0.644. The molecule has 3 heterocycles. The molecule has 0 atom stereocenters. The first-order valence-electron chi connectivity index (χ1n) is 7.19. The lowest BCUT2D eigenvalue weighted by Crippen LogP contribution is -2.46. The largest absolute Gasteiger partial charge is 0.353 e. The van der Waals surface area contributed by atoms with Crippen LogP contribution in [0.25, 0.3) is 0 Å². The fraction of sp³-hybridized carbons (Fsp3) is 0.312. The molecule has 0 bridgehead atoms. The van der Waals surface area contributed by atoms with Crippen LogP contribution in [0.3, 0.4) is 0 Å². The van der Waals surface area contributed by atoms with E-state index in [-0.39, 0.29) is 0 Å². The van der Waals surface area contributed by atoms with Crippen LogP contribution in [0.2, 0.25) is 0 Å². The van der Waals surface area contributed by atoms with Gasteiger partial charge in [-0.1, -0.05) is 0 Å². The smallest absolute Gasteiger partial charge is 0.146 e. The zero-order valence-electron chi connectivity index (χ0n) is 12.1. The van der Waals surface area contributed by atoms with Crippen molar-refractivity contribution in [3.05, 3.63) is 52.4 Å². The van der Waals surface area contributed by atoms with Crippen molar-refractivity contribution in [2.75, 3.05) is 31.1 Å². The number of pyridine rings is 2. The molecular weight excluding hydrogens is 342 g/mol. The molecule has 5 nitrogen and oxygen atoms in total. The van der Waals surface area contributed by atoms with Crippen molar-refractivity contribution in [3.63, 3.8) is 0 Å². The summed E-state index contributed by atoms with van der Waals surface area (Å²) in [5.74, 6) is 0.798. The van der Waals surface area contributed by atoms with Gasteiger partial charge in [-0.3, -0.25) is 9.88 Å². The fourth-order valence-corrected chi connectivity index (χ4v) is 2.82. The highest BCUT2D eigenvalue weighted by Crippen LogP contribution is 2.18. The Morgan fingerprint density at radius 3 is 2.64 bits per heavy atom. The van der Waals surface area contributed by atoms with E-state index in [1.807, 2.05) is 24.4 Å². The quantitative estimate of drug-likeness (QED) is 0.844. The van der Waals surface area contributed by atoms with Gasteiger partial charge in [0.15, 0.2) is 0 Å². The zero-order valence-corrected chi connectivity index (χ0v) is 13.7. The second-order valence-corrected chi connectivity index (χ2v) is 6.13. The molecule has 1 aliphatic heterocycles. The summed E-state index contributed by atoms with van der Waals surface area (Å²) in [7, 11) is 0. The Bertz CT molecular complexity index is 672. The molecule has 0 saturated carbocycles. The topological polar surface area (TPSA) is 56.1 Å². The number of nitriles is 1. The molecule has 2 aromatic rings. The molecule has 2 aromatic heterocycles. The molecule has 0 N–H and O–H groups in total. The molecule has 0 spiro atoms. The normalized spacial score (nSPS) is 15.5. The van der Waals surface area contributed by atoms with Gasteiger partial charge in [-0.25, -0.2) is 4.98 Å². The lowest BCUT2D eigenvalue weighted by Gasteiger charge is -2.35. The summed E-state index contributed by atoms with van der Waals surface area (Å²) in [5.41, 5.74) is 1.72. The third-order valence-electron chi connectivity index (χ3n) is 3.75. The van der Waals surface area contributed by atoms with Gasteiger partial charge in [-0.05, 0) is 40.2 Å². The second-order valence-electron chi connectivity index (χ2n) is 5.22. The summed E-state index contributed by atoms with van der Waals surface area (Å²) in [6.07, 6.45) is 3.58. The molecule has 0 aliphatic carbocycles. The maximum absolute atomic E-state index is 9.18. The molecule has 1 saturated heterocycles. The van der Waals surface area contributed by atoms with E-state index in [0.29, 0.717) is 5.56 Å². The van der Waals surface area contributed by atoms with Gasteiger partial charge in [0, 0.05) is 49.6 Å². The van der Waals surface area contributed by atoms with Gasteiger partial charge in [0.25, 0.3) is 0 Å². The Hall–Kier alpha value is -1.97. The number of piperazine rings is 1. The summed E-state index contributed by atoms with van der Waals surface area (Å²) >= 11 is 3.40. The first kappa shape index (κ1) is 14.9. The second kappa shape index (κ2) is 6.86. The third kappa shape index (κ3) is 3.43. The van der Waals surface area contributed by atoms with Crippen molar-refractivity contribution >= 4 is 21.7 Å². The average Bonchev–Trinajstić information content (AvgIpc) is 2.58. The number of anilines is 1. The summed E-state index contributed by atoms with van der Waals surface area (Å²) in [5, 5.41) is 9.18. The maximum Gasteiger partial charge on any atom is 0.146 e. The first-order chi connectivity index (χ1) is 10.8. The lowest BCUT2D eigenvalue weighted by atomic mass is 10.2. The zero-order chi connectivity index (χ0) is 15.4. The van der Waals surface area contributed by atoms with Gasteiger partial charge >= 0.3 is 0 Å². The molecule has 6 heteroatoms. The van der Waals surface area contributed by atoms with E-state index in [0.717, 1.165) is 48.7 Å². The van der Waals surface area contributed by atoms with Crippen molar-refractivity contribution in [1.29, 1.82) is 5.26 Å². The van der Waals surface area contributed by atoms with E-state index in [1.54, 1.807) is 12.3 Å². The highest BCUT2D eigenvalue weighted by Gasteiger charge is 2.20. The summed E-state index contributed by atoms with van der Waals surface area (Å²) in [6, 6.07) is 9.90. The van der Waals surface area contributed by atoms with Gasteiger partial charge in [-0.15, -0.1) is 0 Å². The Kier molecular flexibility index (Phi) is 4.66. The Morgan fingerprint density at radius 2 is 1.95 bits per heavy atom. The molecule has 1 aliphatic rings. The van der Waals surface area contributed by atoms with E-state index >= 15 is 0 Å². The molecule has 112 valence electrons. The van der Waals surface area contributed by atoms with Crippen molar-refractivity contribution in [1.82, 2.24) is 14.9 Å². The summed E-state index contributed by atoms with van der Waals surface area (Å²) in [6.45, 7) is 4.50. The van der Waals surface area contributed by atoms with Crippen molar-refractivity contribution in [2.45, 2.75) is 6.54 Å². The first-order valence-corrected chi connectivity index (χ1v) is 7.98. The molecule has 1 fully saturated rings. The van der Waals surface area contributed by atoms with Crippen LogP contribution in [0.1, 0.15) is 11.3 Å². The number of hydrogen-bond donors (Lipinski definition) is 0. The highest BCUT2D eigenvalue weighted by atomic mass is 79.9. The SMILES string of the molecule is N#Cc1cccnc1N1CCN(Cc2ccc(Br)cn2)CC1. The third-order valence-corrected chi connectivity index (χ3v) is 4.22. The van der Waals surface area contributed by atoms with Gasteiger partial charge in [0.05, 0.1) is 11.3 Å². The van der Waals surface area contributed by atoms with E-state index in [4.69, 9.17) is 0 Å². The van der Waals surface area contributed by atoms with Crippen LogP contribution in [-0.2, 0) is 6.54 Å². The predicted molar refractivity (Wildman–Crippen MR) is 88.4 cm³/mol.